The molecule has 1 N–H and O–H groups in total. The largest absolute Gasteiger partial charge is 0.491 e. The van der Waals surface area contributed by atoms with Crippen LogP contribution in [0.3, 0.4) is 0 Å². The lowest BCUT2D eigenvalue weighted by atomic mass is 10.0. The van der Waals surface area contributed by atoms with E-state index >= 15 is 0 Å². The number of carbonyl (C=O) groups is 1. The van der Waals surface area contributed by atoms with Gasteiger partial charge in [-0.1, -0.05) is 38.1 Å². The standard InChI is InChI=1S/C19H25NO3S/c1-15(2)13-17(18-9-6-12-24-18)20-19(21)14-22-10-11-23-16-7-4-3-5-8-16/h3-9,12,15,17H,10-11,13-14H2,1-2H3,(H,20,21)/t17-/m1/s1. The van der Waals surface area contributed by atoms with Gasteiger partial charge < -0.3 is 14.8 Å². The highest BCUT2D eigenvalue weighted by atomic mass is 32.1. The molecule has 0 aliphatic carbocycles. The minimum absolute atomic E-state index is 0.0537. The zero-order valence-electron chi connectivity index (χ0n) is 14.2. The molecule has 1 heterocycles. The fourth-order valence-corrected chi connectivity index (χ4v) is 3.13. The van der Waals surface area contributed by atoms with Crippen LogP contribution >= 0.6 is 11.3 Å². The minimum atomic E-state index is -0.0891. The summed E-state index contributed by atoms with van der Waals surface area (Å²) in [5.74, 6) is 1.23. The monoisotopic (exact) mass is 347 g/mol. The molecule has 130 valence electrons. The van der Waals surface area contributed by atoms with E-state index in [1.807, 2.05) is 41.8 Å². The molecule has 0 aliphatic rings. The number of hydrogen-bond acceptors (Lipinski definition) is 4. The lowest BCUT2D eigenvalue weighted by Gasteiger charge is -2.19. The van der Waals surface area contributed by atoms with Crippen LogP contribution in [0.25, 0.3) is 0 Å². The van der Waals surface area contributed by atoms with Crippen LogP contribution in [-0.4, -0.2) is 25.7 Å². The van der Waals surface area contributed by atoms with Crippen molar-refractivity contribution < 1.29 is 14.3 Å². The molecule has 5 heteroatoms. The Morgan fingerprint density at radius 3 is 2.58 bits per heavy atom. The minimum Gasteiger partial charge on any atom is -0.491 e. The number of nitrogens with one attached hydrogen (secondary N) is 1. The molecule has 2 aromatic rings. The van der Waals surface area contributed by atoms with Crippen molar-refractivity contribution in [2.45, 2.75) is 26.3 Å². The Bertz CT molecular complexity index is 584. The van der Waals surface area contributed by atoms with Crippen molar-refractivity contribution >= 4 is 17.2 Å². The number of carbonyl (C=O) groups excluding carboxylic acids is 1. The Balaban J connectivity index is 1.67. The highest BCUT2D eigenvalue weighted by Crippen LogP contribution is 2.25. The molecule has 0 aliphatic heterocycles. The third kappa shape index (κ3) is 6.72. The SMILES string of the molecule is CC(C)C[C@@H](NC(=O)COCCOc1ccccc1)c1cccs1. The Labute approximate surface area is 147 Å². The fraction of sp³-hybridized carbons (Fsp3) is 0.421. The van der Waals surface area contributed by atoms with Crippen molar-refractivity contribution in [3.05, 3.63) is 52.7 Å². The van der Waals surface area contributed by atoms with E-state index in [-0.39, 0.29) is 18.6 Å². The number of ether oxygens (including phenoxy) is 2. The number of amides is 1. The second-order valence-electron chi connectivity index (χ2n) is 5.98. The third-order valence-electron chi connectivity index (χ3n) is 3.40. The maximum atomic E-state index is 12.1. The Morgan fingerprint density at radius 2 is 1.92 bits per heavy atom. The number of hydrogen-bond donors (Lipinski definition) is 1. The molecular weight excluding hydrogens is 322 g/mol. The summed E-state index contributed by atoms with van der Waals surface area (Å²) in [6, 6.07) is 13.7. The molecule has 1 aromatic carbocycles. The average molecular weight is 347 g/mol. The molecule has 0 saturated heterocycles. The molecule has 0 saturated carbocycles. The third-order valence-corrected chi connectivity index (χ3v) is 4.39. The van der Waals surface area contributed by atoms with Crippen molar-refractivity contribution in [2.24, 2.45) is 5.92 Å². The Hall–Kier alpha value is -1.85. The van der Waals surface area contributed by atoms with E-state index in [2.05, 4.69) is 25.2 Å². The van der Waals surface area contributed by atoms with Crippen molar-refractivity contribution in [3.8, 4) is 5.75 Å². The van der Waals surface area contributed by atoms with E-state index in [1.54, 1.807) is 11.3 Å². The molecule has 2 rings (SSSR count). The molecule has 0 unspecified atom stereocenters. The van der Waals surface area contributed by atoms with Crippen LogP contribution in [0, 0.1) is 5.92 Å². The summed E-state index contributed by atoms with van der Waals surface area (Å²) in [5, 5.41) is 5.10. The molecule has 0 fully saturated rings. The average Bonchev–Trinajstić information content (AvgIpc) is 3.09. The van der Waals surface area contributed by atoms with Crippen LogP contribution in [0.15, 0.2) is 47.8 Å². The molecule has 0 bridgehead atoms. The first-order chi connectivity index (χ1) is 11.6. The van der Waals surface area contributed by atoms with Gasteiger partial charge in [-0.15, -0.1) is 11.3 Å². The lowest BCUT2D eigenvalue weighted by Crippen LogP contribution is -2.32. The van der Waals surface area contributed by atoms with Gasteiger partial charge in [0.2, 0.25) is 5.91 Å². The summed E-state index contributed by atoms with van der Waals surface area (Å²) in [6.07, 6.45) is 0.920. The molecule has 24 heavy (non-hydrogen) atoms. The summed E-state index contributed by atoms with van der Waals surface area (Å²) in [5.41, 5.74) is 0. The normalized spacial score (nSPS) is 12.1. The maximum absolute atomic E-state index is 12.1. The van der Waals surface area contributed by atoms with Crippen LogP contribution < -0.4 is 10.1 Å². The van der Waals surface area contributed by atoms with Crippen molar-refractivity contribution in [1.82, 2.24) is 5.32 Å². The zero-order chi connectivity index (χ0) is 17.2. The van der Waals surface area contributed by atoms with Gasteiger partial charge in [-0.3, -0.25) is 4.79 Å². The predicted octanol–water partition coefficient (Wildman–Crippen LogP) is 4.05. The number of benzene rings is 1. The van der Waals surface area contributed by atoms with Gasteiger partial charge in [0.25, 0.3) is 0 Å². The van der Waals surface area contributed by atoms with Crippen LogP contribution in [0.4, 0.5) is 0 Å². The highest BCUT2D eigenvalue weighted by Gasteiger charge is 2.17. The first-order valence-electron chi connectivity index (χ1n) is 8.23. The summed E-state index contributed by atoms with van der Waals surface area (Å²) < 4.78 is 10.9. The van der Waals surface area contributed by atoms with Crippen molar-refractivity contribution in [1.29, 1.82) is 0 Å². The van der Waals surface area contributed by atoms with Crippen LogP contribution in [0.1, 0.15) is 31.2 Å². The van der Waals surface area contributed by atoms with Crippen molar-refractivity contribution in [2.75, 3.05) is 19.8 Å². The summed E-state index contributed by atoms with van der Waals surface area (Å²) in [4.78, 5) is 13.3. The first kappa shape index (κ1) is 18.5. The molecule has 0 spiro atoms. The van der Waals surface area contributed by atoms with Gasteiger partial charge in [-0.25, -0.2) is 0 Å². The fourth-order valence-electron chi connectivity index (χ4n) is 2.34. The van der Waals surface area contributed by atoms with E-state index in [0.29, 0.717) is 19.1 Å². The van der Waals surface area contributed by atoms with Crippen molar-refractivity contribution in [3.63, 3.8) is 0 Å². The van der Waals surface area contributed by atoms with E-state index < -0.39 is 0 Å². The highest BCUT2D eigenvalue weighted by molar-refractivity contribution is 7.10. The Kier molecular flexibility index (Phi) is 7.79. The maximum Gasteiger partial charge on any atom is 0.246 e. The summed E-state index contributed by atoms with van der Waals surface area (Å²) in [7, 11) is 0. The van der Waals surface area contributed by atoms with Gasteiger partial charge in [-0.05, 0) is 35.9 Å². The summed E-state index contributed by atoms with van der Waals surface area (Å²) >= 11 is 1.67. The van der Waals surface area contributed by atoms with Crippen LogP contribution in [0.5, 0.6) is 5.75 Å². The predicted molar refractivity (Wildman–Crippen MR) is 97.4 cm³/mol. The van der Waals surface area contributed by atoms with Gasteiger partial charge in [0.05, 0.1) is 12.6 Å². The van der Waals surface area contributed by atoms with Crippen LogP contribution in [0.2, 0.25) is 0 Å². The van der Waals surface area contributed by atoms with Gasteiger partial charge in [0, 0.05) is 4.88 Å². The Morgan fingerprint density at radius 1 is 1.12 bits per heavy atom. The number of thiophene rings is 1. The zero-order valence-corrected chi connectivity index (χ0v) is 15.1. The molecule has 1 aromatic heterocycles. The smallest absolute Gasteiger partial charge is 0.246 e. The van der Waals surface area contributed by atoms with Gasteiger partial charge in [0.1, 0.15) is 19.0 Å². The van der Waals surface area contributed by atoms with Gasteiger partial charge in [-0.2, -0.15) is 0 Å². The van der Waals surface area contributed by atoms with Gasteiger partial charge >= 0.3 is 0 Å². The van der Waals surface area contributed by atoms with E-state index in [4.69, 9.17) is 9.47 Å². The molecule has 1 amide bonds. The number of rotatable bonds is 10. The van der Waals surface area contributed by atoms with E-state index in [9.17, 15) is 4.79 Å². The molecule has 4 nitrogen and oxygen atoms in total. The summed E-state index contributed by atoms with van der Waals surface area (Å²) in [6.45, 7) is 5.18. The topological polar surface area (TPSA) is 47.6 Å². The lowest BCUT2D eigenvalue weighted by molar-refractivity contribution is -0.126. The van der Waals surface area contributed by atoms with E-state index in [0.717, 1.165) is 12.2 Å². The molecule has 0 radical (unpaired) electrons. The quantitative estimate of drug-likeness (QED) is 0.660. The second kappa shape index (κ2) is 10.1. The van der Waals surface area contributed by atoms with E-state index in [1.165, 1.54) is 4.88 Å². The number of para-hydroxylation sites is 1. The molecular formula is C19H25NO3S. The first-order valence-corrected chi connectivity index (χ1v) is 9.11. The van der Waals surface area contributed by atoms with Gasteiger partial charge in [0.15, 0.2) is 0 Å². The second-order valence-corrected chi connectivity index (χ2v) is 6.96. The molecule has 1 atom stereocenters. The van der Waals surface area contributed by atoms with Crippen LogP contribution in [-0.2, 0) is 9.53 Å².